The predicted octanol–water partition coefficient (Wildman–Crippen LogP) is 3.16. The van der Waals surface area contributed by atoms with E-state index in [0.717, 1.165) is 11.3 Å². The maximum absolute atomic E-state index is 12.6. The average molecular weight is 352 g/mol. The minimum absolute atomic E-state index is 0.118. The van der Waals surface area contributed by atoms with Crippen molar-refractivity contribution in [2.45, 2.75) is 26.7 Å². The molecule has 6 nitrogen and oxygen atoms in total. The van der Waals surface area contributed by atoms with Crippen molar-refractivity contribution in [1.29, 1.82) is 0 Å². The highest BCUT2D eigenvalue weighted by Crippen LogP contribution is 2.30. The number of aryl methyl sites for hydroxylation is 1. The van der Waals surface area contributed by atoms with Crippen LogP contribution in [0.3, 0.4) is 0 Å². The number of anilines is 2. The molecule has 0 radical (unpaired) electrons. The van der Waals surface area contributed by atoms with Gasteiger partial charge in [0.25, 0.3) is 5.91 Å². The third-order valence-corrected chi connectivity index (χ3v) is 4.24. The number of nitrogens with zero attached hydrogens (tertiary/aromatic N) is 1. The van der Waals surface area contributed by atoms with Gasteiger partial charge in [-0.2, -0.15) is 0 Å². The number of para-hydroxylation sites is 1. The number of nitrogens with one attached hydrogen (secondary N) is 1. The molecule has 2 aromatic carbocycles. The first-order chi connectivity index (χ1) is 12.5. The normalized spacial score (nSPS) is 13.2. The van der Waals surface area contributed by atoms with Crippen molar-refractivity contribution in [1.82, 2.24) is 0 Å². The molecule has 1 heterocycles. The number of carbonyl (C=O) groups excluding carboxylic acids is 3. The lowest BCUT2D eigenvalue weighted by Crippen LogP contribution is -2.34. The first kappa shape index (κ1) is 17.7. The fourth-order valence-corrected chi connectivity index (χ4v) is 3.08. The number of hydrogen-bond donors (Lipinski definition) is 1. The number of hydrogen-bond acceptors (Lipinski definition) is 4. The molecule has 2 amide bonds. The van der Waals surface area contributed by atoms with E-state index in [1.807, 2.05) is 19.1 Å². The Kier molecular flexibility index (Phi) is 5.02. The van der Waals surface area contributed by atoms with Gasteiger partial charge in [0.05, 0.1) is 5.56 Å². The molecule has 0 saturated heterocycles. The van der Waals surface area contributed by atoms with Crippen LogP contribution in [0.2, 0.25) is 0 Å². The Morgan fingerprint density at radius 3 is 2.65 bits per heavy atom. The number of fused-ring (bicyclic) bond motifs is 1. The quantitative estimate of drug-likeness (QED) is 0.677. The van der Waals surface area contributed by atoms with E-state index < -0.39 is 5.97 Å². The van der Waals surface area contributed by atoms with Gasteiger partial charge in [-0.15, -0.1) is 0 Å². The van der Waals surface area contributed by atoms with Gasteiger partial charge in [0.2, 0.25) is 5.91 Å². The highest BCUT2D eigenvalue weighted by Gasteiger charge is 2.23. The first-order valence-corrected chi connectivity index (χ1v) is 8.51. The second-order valence-electron chi connectivity index (χ2n) is 6.03. The lowest BCUT2D eigenvalue weighted by atomic mass is 10.0. The molecule has 0 aliphatic carbocycles. The number of ether oxygens (including phenoxy) is 1. The Balaban J connectivity index is 1.83. The molecule has 3 rings (SSSR count). The van der Waals surface area contributed by atoms with Crippen LogP contribution in [-0.2, 0) is 16.0 Å². The second-order valence-corrected chi connectivity index (χ2v) is 6.03. The number of benzene rings is 2. The van der Waals surface area contributed by atoms with Crippen LogP contribution in [0, 0.1) is 0 Å². The number of carbonyl (C=O) groups is 3. The Labute approximate surface area is 151 Å². The highest BCUT2D eigenvalue weighted by molar-refractivity contribution is 6.07. The smallest absolute Gasteiger partial charge is 0.308 e. The van der Waals surface area contributed by atoms with Crippen molar-refractivity contribution in [3.05, 3.63) is 53.6 Å². The number of amides is 2. The van der Waals surface area contributed by atoms with Gasteiger partial charge in [0, 0.05) is 31.3 Å². The van der Waals surface area contributed by atoms with E-state index in [1.54, 1.807) is 35.2 Å². The minimum atomic E-state index is -0.483. The minimum Gasteiger partial charge on any atom is -0.426 e. The standard InChI is InChI=1S/C20H20N2O4/c1-3-22-17-10-9-15(12-14(17)8-11-19(22)24)21-20(25)16-6-4-5-7-18(16)26-13(2)23/h4-7,9-10,12H,3,8,11H2,1-2H3,(H,21,25). The topological polar surface area (TPSA) is 75.7 Å². The summed E-state index contributed by atoms with van der Waals surface area (Å²) in [6, 6.07) is 12.1. The van der Waals surface area contributed by atoms with Crippen LogP contribution in [0.4, 0.5) is 11.4 Å². The molecule has 0 atom stereocenters. The van der Waals surface area contributed by atoms with Gasteiger partial charge in [-0.1, -0.05) is 12.1 Å². The molecule has 2 aromatic rings. The molecule has 1 N–H and O–H groups in total. The summed E-state index contributed by atoms with van der Waals surface area (Å²) in [6.07, 6.45) is 1.12. The number of esters is 1. The van der Waals surface area contributed by atoms with Crippen LogP contribution in [-0.4, -0.2) is 24.3 Å². The van der Waals surface area contributed by atoms with Gasteiger partial charge < -0.3 is 15.0 Å². The molecule has 26 heavy (non-hydrogen) atoms. The number of rotatable bonds is 4. The summed E-state index contributed by atoms with van der Waals surface area (Å²) >= 11 is 0. The van der Waals surface area contributed by atoms with Crippen LogP contribution >= 0.6 is 0 Å². The van der Waals surface area contributed by atoms with Gasteiger partial charge in [0.1, 0.15) is 5.75 Å². The zero-order valence-electron chi connectivity index (χ0n) is 14.7. The molecule has 1 aliphatic heterocycles. The third kappa shape index (κ3) is 3.59. The van der Waals surface area contributed by atoms with Gasteiger partial charge in [0.15, 0.2) is 0 Å². The molecule has 134 valence electrons. The second kappa shape index (κ2) is 7.39. The van der Waals surface area contributed by atoms with Gasteiger partial charge in [-0.3, -0.25) is 14.4 Å². The van der Waals surface area contributed by atoms with E-state index >= 15 is 0 Å². The maximum Gasteiger partial charge on any atom is 0.308 e. The van der Waals surface area contributed by atoms with Crippen molar-refractivity contribution in [3.63, 3.8) is 0 Å². The molecule has 6 heteroatoms. The Morgan fingerprint density at radius 1 is 1.15 bits per heavy atom. The van der Waals surface area contributed by atoms with Crippen LogP contribution in [0.5, 0.6) is 5.75 Å². The van der Waals surface area contributed by atoms with E-state index in [-0.39, 0.29) is 23.1 Å². The van der Waals surface area contributed by atoms with E-state index in [4.69, 9.17) is 4.74 Å². The average Bonchev–Trinajstić information content (AvgIpc) is 2.61. The van der Waals surface area contributed by atoms with Crippen molar-refractivity contribution < 1.29 is 19.1 Å². The van der Waals surface area contributed by atoms with Gasteiger partial charge >= 0.3 is 5.97 Å². The van der Waals surface area contributed by atoms with E-state index in [2.05, 4.69) is 5.32 Å². The summed E-state index contributed by atoms with van der Waals surface area (Å²) in [5.41, 5.74) is 2.84. The summed E-state index contributed by atoms with van der Waals surface area (Å²) in [5.74, 6) is -0.505. The molecular weight excluding hydrogens is 332 g/mol. The van der Waals surface area contributed by atoms with E-state index in [0.29, 0.717) is 25.1 Å². The van der Waals surface area contributed by atoms with Crippen molar-refractivity contribution in [2.75, 3.05) is 16.8 Å². The van der Waals surface area contributed by atoms with Crippen molar-refractivity contribution in [3.8, 4) is 5.75 Å². The molecule has 0 aromatic heterocycles. The van der Waals surface area contributed by atoms with Gasteiger partial charge in [-0.25, -0.2) is 0 Å². The zero-order valence-corrected chi connectivity index (χ0v) is 14.7. The van der Waals surface area contributed by atoms with E-state index in [9.17, 15) is 14.4 Å². The maximum atomic E-state index is 12.6. The van der Waals surface area contributed by atoms with Crippen LogP contribution < -0.4 is 15.0 Å². The van der Waals surface area contributed by atoms with Crippen molar-refractivity contribution in [2.24, 2.45) is 0 Å². The Hall–Kier alpha value is -3.15. The predicted molar refractivity (Wildman–Crippen MR) is 98.5 cm³/mol. The van der Waals surface area contributed by atoms with Crippen molar-refractivity contribution >= 4 is 29.2 Å². The monoisotopic (exact) mass is 352 g/mol. The van der Waals surface area contributed by atoms with Gasteiger partial charge in [-0.05, 0) is 49.2 Å². The molecule has 0 saturated carbocycles. The Morgan fingerprint density at radius 2 is 1.92 bits per heavy atom. The first-order valence-electron chi connectivity index (χ1n) is 8.51. The zero-order chi connectivity index (χ0) is 18.7. The molecule has 1 aliphatic rings. The highest BCUT2D eigenvalue weighted by atomic mass is 16.5. The molecule has 0 spiro atoms. The van der Waals surface area contributed by atoms with Crippen LogP contribution in [0.25, 0.3) is 0 Å². The Bertz CT molecular complexity index is 876. The molecular formula is C20H20N2O4. The summed E-state index contributed by atoms with van der Waals surface area (Å²) < 4.78 is 5.09. The van der Waals surface area contributed by atoms with Crippen LogP contribution in [0.1, 0.15) is 36.2 Å². The van der Waals surface area contributed by atoms with Crippen LogP contribution in [0.15, 0.2) is 42.5 Å². The fraction of sp³-hybridized carbons (Fsp3) is 0.250. The largest absolute Gasteiger partial charge is 0.426 e. The van der Waals surface area contributed by atoms with E-state index in [1.165, 1.54) is 6.92 Å². The summed E-state index contributed by atoms with van der Waals surface area (Å²) in [7, 11) is 0. The third-order valence-electron chi connectivity index (χ3n) is 4.24. The SMILES string of the molecule is CCN1C(=O)CCc2cc(NC(=O)c3ccccc3OC(C)=O)ccc21. The lowest BCUT2D eigenvalue weighted by molar-refractivity contribution is -0.131. The molecule has 0 bridgehead atoms. The molecule has 0 unspecified atom stereocenters. The summed E-state index contributed by atoms with van der Waals surface area (Å²) in [4.78, 5) is 37.5. The molecule has 0 fully saturated rings. The summed E-state index contributed by atoms with van der Waals surface area (Å²) in [6.45, 7) is 3.85. The summed E-state index contributed by atoms with van der Waals surface area (Å²) in [5, 5.41) is 2.83. The fourth-order valence-electron chi connectivity index (χ4n) is 3.08. The lowest BCUT2D eigenvalue weighted by Gasteiger charge is -2.28.